The molecule has 3 atom stereocenters. The molecule has 1 aromatic rings. The maximum absolute atomic E-state index is 6.35. The molecule has 2 N–H and O–H groups in total. The summed E-state index contributed by atoms with van der Waals surface area (Å²) < 4.78 is 11.3. The smallest absolute Gasteiger partial charge is 0.232 e. The van der Waals surface area contributed by atoms with Gasteiger partial charge < -0.3 is 15.0 Å². The van der Waals surface area contributed by atoms with Gasteiger partial charge in [0.25, 0.3) is 0 Å². The van der Waals surface area contributed by atoms with Gasteiger partial charge in [0.1, 0.15) is 0 Å². The molecular weight excluding hydrogens is 266 g/mol. The predicted molar refractivity (Wildman–Crippen MR) is 71.1 cm³/mol. The number of fused-ring (bicyclic) bond motifs is 2. The number of rotatable bonds is 2. The van der Waals surface area contributed by atoms with Gasteiger partial charge >= 0.3 is 0 Å². The normalized spacial score (nSPS) is 35.5. The number of hydrogen-bond acceptors (Lipinski definition) is 5. The molecule has 2 saturated heterocycles. The molecule has 5 nitrogen and oxygen atoms in total. The van der Waals surface area contributed by atoms with Gasteiger partial charge in [-0.2, -0.15) is 4.98 Å². The molecule has 2 aliphatic heterocycles. The molecule has 0 aromatic carbocycles. The van der Waals surface area contributed by atoms with Crippen molar-refractivity contribution in [1.29, 1.82) is 0 Å². The SMILES string of the molecule is Cl.NC1(c2noc(C3CC4CCC3O4)n2)CCCC1. The Morgan fingerprint density at radius 3 is 2.63 bits per heavy atom. The van der Waals surface area contributed by atoms with E-state index in [0.717, 1.165) is 44.4 Å². The van der Waals surface area contributed by atoms with Gasteiger partial charge in [-0.05, 0) is 32.1 Å². The van der Waals surface area contributed by atoms with Crippen molar-refractivity contribution in [2.45, 2.75) is 68.6 Å². The number of nitrogens with zero attached hydrogens (tertiary/aromatic N) is 2. The molecule has 6 heteroatoms. The lowest BCUT2D eigenvalue weighted by Crippen LogP contribution is -2.34. The minimum Gasteiger partial charge on any atom is -0.374 e. The van der Waals surface area contributed by atoms with Gasteiger partial charge in [-0.25, -0.2) is 0 Å². The second-order valence-corrected chi connectivity index (χ2v) is 6.04. The summed E-state index contributed by atoms with van der Waals surface area (Å²) in [6.07, 6.45) is 8.32. The van der Waals surface area contributed by atoms with Gasteiger partial charge in [-0.1, -0.05) is 18.0 Å². The highest BCUT2D eigenvalue weighted by atomic mass is 35.5. The van der Waals surface area contributed by atoms with Crippen molar-refractivity contribution in [3.63, 3.8) is 0 Å². The van der Waals surface area contributed by atoms with Crippen LogP contribution in [0.15, 0.2) is 4.52 Å². The highest BCUT2D eigenvalue weighted by molar-refractivity contribution is 5.85. The van der Waals surface area contributed by atoms with E-state index in [0.29, 0.717) is 24.0 Å². The van der Waals surface area contributed by atoms with Gasteiger partial charge in [-0.15, -0.1) is 12.4 Å². The first-order chi connectivity index (χ1) is 8.74. The van der Waals surface area contributed by atoms with Crippen LogP contribution in [0.4, 0.5) is 0 Å². The molecule has 3 unspecified atom stereocenters. The zero-order chi connectivity index (χ0) is 12.2. The van der Waals surface area contributed by atoms with E-state index in [2.05, 4.69) is 10.1 Å². The lowest BCUT2D eigenvalue weighted by molar-refractivity contribution is 0.0974. The predicted octanol–water partition coefficient (Wildman–Crippen LogP) is 2.25. The first-order valence-corrected chi connectivity index (χ1v) is 7.03. The van der Waals surface area contributed by atoms with E-state index >= 15 is 0 Å². The molecule has 1 aliphatic carbocycles. The molecule has 4 rings (SSSR count). The third kappa shape index (κ3) is 2.08. The van der Waals surface area contributed by atoms with Crippen molar-refractivity contribution in [1.82, 2.24) is 10.1 Å². The summed E-state index contributed by atoms with van der Waals surface area (Å²) in [7, 11) is 0. The Labute approximate surface area is 118 Å². The molecule has 106 valence electrons. The Kier molecular flexibility index (Phi) is 3.31. The minimum atomic E-state index is -0.347. The molecule has 1 saturated carbocycles. The highest BCUT2D eigenvalue weighted by Gasteiger charge is 2.45. The largest absolute Gasteiger partial charge is 0.374 e. The van der Waals surface area contributed by atoms with Crippen molar-refractivity contribution in [2.75, 3.05) is 0 Å². The van der Waals surface area contributed by atoms with Crippen LogP contribution < -0.4 is 5.73 Å². The standard InChI is InChI=1S/C13H19N3O2.ClH/c14-13(5-1-2-6-13)12-15-11(18-16-12)9-7-8-3-4-10(9)17-8;/h8-10H,1-7,14H2;1H. The highest BCUT2D eigenvalue weighted by Crippen LogP contribution is 2.44. The van der Waals surface area contributed by atoms with Crippen molar-refractivity contribution < 1.29 is 9.26 Å². The molecule has 19 heavy (non-hydrogen) atoms. The van der Waals surface area contributed by atoms with Crippen LogP contribution in [0.1, 0.15) is 62.6 Å². The van der Waals surface area contributed by atoms with Crippen LogP contribution in [0.3, 0.4) is 0 Å². The monoisotopic (exact) mass is 285 g/mol. The molecule has 3 heterocycles. The van der Waals surface area contributed by atoms with E-state index in [1.807, 2.05) is 0 Å². The average Bonchev–Trinajstić information content (AvgIpc) is 3.13. The van der Waals surface area contributed by atoms with Crippen LogP contribution >= 0.6 is 12.4 Å². The van der Waals surface area contributed by atoms with E-state index in [4.69, 9.17) is 15.0 Å². The van der Waals surface area contributed by atoms with Gasteiger partial charge in [0, 0.05) is 0 Å². The molecule has 3 fully saturated rings. The molecule has 1 aromatic heterocycles. The third-order valence-corrected chi connectivity index (χ3v) is 4.81. The lowest BCUT2D eigenvalue weighted by Gasteiger charge is -2.18. The van der Waals surface area contributed by atoms with Crippen molar-refractivity contribution >= 4 is 12.4 Å². The zero-order valence-electron chi connectivity index (χ0n) is 10.9. The Morgan fingerprint density at radius 1 is 1.21 bits per heavy atom. The Balaban J connectivity index is 0.00000110. The van der Waals surface area contributed by atoms with Crippen LogP contribution in [-0.2, 0) is 10.3 Å². The Hall–Kier alpha value is -0.650. The van der Waals surface area contributed by atoms with Gasteiger partial charge in [-0.3, -0.25) is 0 Å². The molecule has 3 aliphatic rings. The number of nitrogens with two attached hydrogens (primary N) is 1. The van der Waals surface area contributed by atoms with Crippen molar-refractivity contribution in [3.8, 4) is 0 Å². The quantitative estimate of drug-likeness (QED) is 0.902. The minimum absolute atomic E-state index is 0. The fourth-order valence-corrected chi connectivity index (χ4v) is 3.72. The van der Waals surface area contributed by atoms with Gasteiger partial charge in [0.2, 0.25) is 5.89 Å². The number of ether oxygens (including phenoxy) is 1. The summed E-state index contributed by atoms with van der Waals surface area (Å²) in [4.78, 5) is 4.58. The van der Waals surface area contributed by atoms with E-state index in [-0.39, 0.29) is 17.9 Å². The first-order valence-electron chi connectivity index (χ1n) is 7.03. The molecule has 0 spiro atoms. The lowest BCUT2D eigenvalue weighted by atomic mass is 9.89. The topological polar surface area (TPSA) is 74.2 Å². The third-order valence-electron chi connectivity index (χ3n) is 4.81. The van der Waals surface area contributed by atoms with E-state index < -0.39 is 0 Å². The van der Waals surface area contributed by atoms with Gasteiger partial charge in [0.15, 0.2) is 5.82 Å². The van der Waals surface area contributed by atoms with Crippen molar-refractivity contribution in [2.24, 2.45) is 5.73 Å². The number of aromatic nitrogens is 2. The van der Waals surface area contributed by atoms with Gasteiger partial charge in [0.05, 0.1) is 23.7 Å². The summed E-state index contributed by atoms with van der Waals surface area (Å²) in [5, 5.41) is 4.13. The van der Waals surface area contributed by atoms with E-state index in [1.54, 1.807) is 0 Å². The van der Waals surface area contributed by atoms with Crippen LogP contribution in [0.25, 0.3) is 0 Å². The summed E-state index contributed by atoms with van der Waals surface area (Å²) in [5.41, 5.74) is 6.01. The number of halogens is 1. The van der Waals surface area contributed by atoms with Crippen molar-refractivity contribution in [3.05, 3.63) is 11.7 Å². The Morgan fingerprint density at radius 2 is 2.00 bits per heavy atom. The van der Waals surface area contributed by atoms with E-state index in [1.165, 1.54) is 6.42 Å². The Bertz CT molecular complexity index is 458. The van der Waals surface area contributed by atoms with Crippen LogP contribution in [-0.4, -0.2) is 22.3 Å². The summed E-state index contributed by atoms with van der Waals surface area (Å²) in [5.74, 6) is 1.75. The van der Waals surface area contributed by atoms with E-state index in [9.17, 15) is 0 Å². The fourth-order valence-electron chi connectivity index (χ4n) is 3.72. The van der Waals surface area contributed by atoms with Crippen LogP contribution in [0.2, 0.25) is 0 Å². The average molecular weight is 286 g/mol. The first kappa shape index (κ1) is 13.3. The van der Waals surface area contributed by atoms with Crippen LogP contribution in [0, 0.1) is 0 Å². The maximum atomic E-state index is 6.35. The molecule has 0 radical (unpaired) electrons. The molecule has 2 bridgehead atoms. The maximum Gasteiger partial charge on any atom is 0.232 e. The molecule has 0 amide bonds. The number of hydrogen-bond donors (Lipinski definition) is 1. The molecular formula is C13H20ClN3O2. The summed E-state index contributed by atoms with van der Waals surface area (Å²) in [6, 6.07) is 0. The summed E-state index contributed by atoms with van der Waals surface area (Å²) >= 11 is 0. The zero-order valence-corrected chi connectivity index (χ0v) is 11.7. The summed E-state index contributed by atoms with van der Waals surface area (Å²) in [6.45, 7) is 0. The second kappa shape index (κ2) is 4.72. The van der Waals surface area contributed by atoms with Crippen LogP contribution in [0.5, 0.6) is 0 Å². The fraction of sp³-hybridized carbons (Fsp3) is 0.846. The second-order valence-electron chi connectivity index (χ2n) is 6.04.